The minimum atomic E-state index is -2.49. The van der Waals surface area contributed by atoms with Gasteiger partial charge in [-0.15, -0.1) is 0 Å². The number of fused-ring (bicyclic) bond motifs is 1. The van der Waals surface area contributed by atoms with Crippen molar-refractivity contribution >= 4 is 7.14 Å². The molecule has 0 radical (unpaired) electrons. The van der Waals surface area contributed by atoms with E-state index in [2.05, 4.69) is 53.4 Å². The molecule has 0 bridgehead atoms. The van der Waals surface area contributed by atoms with E-state index >= 15 is 0 Å². The summed E-state index contributed by atoms with van der Waals surface area (Å²) in [7, 11) is -2.49. The predicted octanol–water partition coefficient (Wildman–Crippen LogP) is 8.35. The molecule has 0 spiro atoms. The van der Waals surface area contributed by atoms with Crippen molar-refractivity contribution in [3.8, 4) is 0 Å². The van der Waals surface area contributed by atoms with E-state index in [1.165, 1.54) is 34.0 Å². The molecule has 1 nitrogen and oxygen atoms in total. The van der Waals surface area contributed by atoms with E-state index in [9.17, 15) is 4.57 Å². The molecule has 0 aromatic carbocycles. The van der Waals surface area contributed by atoms with Crippen LogP contribution in [0.1, 0.15) is 92.9 Å². The van der Waals surface area contributed by atoms with Crippen molar-refractivity contribution < 1.29 is 4.57 Å². The van der Waals surface area contributed by atoms with E-state index in [4.69, 9.17) is 0 Å². The molecule has 25 heavy (non-hydrogen) atoms. The van der Waals surface area contributed by atoms with Gasteiger partial charge in [-0.25, -0.2) is 0 Å². The summed E-state index contributed by atoms with van der Waals surface area (Å²) < 4.78 is 14.4. The Bertz CT molecular complexity index is 672. The lowest BCUT2D eigenvalue weighted by Gasteiger charge is -2.39. The summed E-state index contributed by atoms with van der Waals surface area (Å²) in [5, 5.41) is 1.31. The van der Waals surface area contributed by atoms with Gasteiger partial charge in [-0.2, -0.15) is 0 Å². The van der Waals surface area contributed by atoms with Gasteiger partial charge < -0.3 is 4.57 Å². The van der Waals surface area contributed by atoms with Crippen LogP contribution in [-0.4, -0.2) is 5.66 Å². The maximum absolute atomic E-state index is 14.4. The Morgan fingerprint density at radius 2 is 1.36 bits per heavy atom. The Balaban J connectivity index is 2.78. The zero-order valence-electron chi connectivity index (χ0n) is 17.2. The van der Waals surface area contributed by atoms with Crippen LogP contribution >= 0.6 is 7.14 Å². The molecule has 2 heterocycles. The van der Waals surface area contributed by atoms with Gasteiger partial charge in [0.05, 0.1) is 5.66 Å². The van der Waals surface area contributed by atoms with Crippen molar-refractivity contribution in [2.45, 2.75) is 98.6 Å². The first kappa shape index (κ1) is 20.5. The van der Waals surface area contributed by atoms with E-state index < -0.39 is 7.14 Å². The second-order valence-corrected chi connectivity index (χ2v) is 10.5. The molecule has 2 aliphatic heterocycles. The molecule has 0 fully saturated rings. The number of rotatable bonds is 8. The van der Waals surface area contributed by atoms with Crippen LogP contribution in [0, 0.1) is 0 Å². The molecular weight excluding hydrogens is 323 g/mol. The smallest absolute Gasteiger partial charge is 0.143 e. The zero-order chi connectivity index (χ0) is 18.6. The lowest BCUT2D eigenvalue weighted by molar-refractivity contribution is 0.576. The highest BCUT2D eigenvalue weighted by atomic mass is 31.2. The fourth-order valence-corrected chi connectivity index (χ4v) is 8.39. The number of hydrogen-bond acceptors (Lipinski definition) is 1. The van der Waals surface area contributed by atoms with Crippen LogP contribution in [0.4, 0.5) is 0 Å². The maximum atomic E-state index is 14.4. The molecular formula is C23H37OP. The predicted molar refractivity (Wildman–Crippen MR) is 113 cm³/mol. The fraction of sp³-hybridized carbons (Fsp3) is 0.652. The summed E-state index contributed by atoms with van der Waals surface area (Å²) in [5.74, 6) is 2.17. The molecule has 0 saturated carbocycles. The van der Waals surface area contributed by atoms with Crippen LogP contribution in [0.3, 0.4) is 0 Å². The van der Waals surface area contributed by atoms with Gasteiger partial charge in [-0.05, 0) is 67.4 Å². The van der Waals surface area contributed by atoms with Gasteiger partial charge in [0.2, 0.25) is 0 Å². The normalized spacial score (nSPS) is 26.6. The van der Waals surface area contributed by atoms with Crippen LogP contribution in [0.25, 0.3) is 0 Å². The third-order valence-electron chi connectivity index (χ3n) is 5.71. The van der Waals surface area contributed by atoms with Crippen molar-refractivity contribution in [2.24, 2.45) is 0 Å². The molecule has 0 amide bonds. The maximum Gasteiger partial charge on any atom is 0.143 e. The molecule has 2 aliphatic rings. The average Bonchev–Trinajstić information content (AvgIpc) is 2.57. The van der Waals surface area contributed by atoms with Crippen LogP contribution in [0.15, 0.2) is 45.1 Å². The van der Waals surface area contributed by atoms with Crippen molar-refractivity contribution in [1.29, 1.82) is 0 Å². The summed E-state index contributed by atoms with van der Waals surface area (Å²) in [5.41, 5.74) is 7.22. The summed E-state index contributed by atoms with van der Waals surface area (Å²) in [6, 6.07) is 0. The van der Waals surface area contributed by atoms with Crippen molar-refractivity contribution in [3.63, 3.8) is 0 Å². The van der Waals surface area contributed by atoms with Gasteiger partial charge in [0.1, 0.15) is 7.14 Å². The van der Waals surface area contributed by atoms with Crippen LogP contribution in [0.2, 0.25) is 0 Å². The van der Waals surface area contributed by atoms with Crippen LogP contribution < -0.4 is 0 Å². The molecule has 2 rings (SSSR count). The molecule has 2 atom stereocenters. The van der Waals surface area contributed by atoms with Crippen LogP contribution in [0.5, 0.6) is 0 Å². The summed E-state index contributed by atoms with van der Waals surface area (Å²) >= 11 is 0. The summed E-state index contributed by atoms with van der Waals surface area (Å²) in [6.07, 6.45) is 11.2. The lowest BCUT2D eigenvalue weighted by Crippen LogP contribution is -2.22. The van der Waals surface area contributed by atoms with Gasteiger partial charge in [-0.3, -0.25) is 0 Å². The lowest BCUT2D eigenvalue weighted by atomic mass is 9.87. The number of hydrogen-bond donors (Lipinski definition) is 0. The molecule has 2 heteroatoms. The Morgan fingerprint density at radius 3 is 1.92 bits per heavy atom. The molecule has 0 aliphatic carbocycles. The summed E-state index contributed by atoms with van der Waals surface area (Å²) in [4.78, 5) is 0. The third-order valence-corrected chi connectivity index (χ3v) is 9.11. The monoisotopic (exact) mass is 360 g/mol. The Labute approximate surface area is 155 Å². The molecule has 0 saturated heterocycles. The quantitative estimate of drug-likeness (QED) is 0.397. The largest absolute Gasteiger partial charge is 0.314 e. The van der Waals surface area contributed by atoms with E-state index in [0.29, 0.717) is 0 Å². The minimum absolute atomic E-state index is 0.139. The van der Waals surface area contributed by atoms with E-state index in [0.717, 1.165) is 44.9 Å². The topological polar surface area (TPSA) is 17.1 Å². The SMILES string of the molecule is CCCC1=C(CCC)[C@H]2C=C(C)C(C)=CP2(=O)C(CCC)=C1CCC. The van der Waals surface area contributed by atoms with Crippen molar-refractivity contribution in [1.82, 2.24) is 0 Å². The number of allylic oxidation sites excluding steroid dienone is 7. The van der Waals surface area contributed by atoms with Gasteiger partial charge in [0.25, 0.3) is 0 Å². The van der Waals surface area contributed by atoms with E-state index in [-0.39, 0.29) is 5.66 Å². The average molecular weight is 361 g/mol. The third kappa shape index (κ3) is 3.82. The highest BCUT2D eigenvalue weighted by Gasteiger charge is 2.43. The highest BCUT2D eigenvalue weighted by Crippen LogP contribution is 2.70. The standard InChI is InChI=1S/C23H37OP/c1-7-11-19-20(12-8-2)22(14-10-4)25(24)16-18(6)17(5)15-23(25)21(19)13-9-3/h15-16,23H,7-14H2,1-6H3/t23-,25?/m1/s1. The zero-order valence-corrected chi connectivity index (χ0v) is 18.1. The molecule has 1 unspecified atom stereocenters. The Hall–Kier alpha value is -0.810. The fourth-order valence-electron chi connectivity index (χ4n) is 4.52. The molecule has 0 aromatic heterocycles. The van der Waals surface area contributed by atoms with Gasteiger partial charge in [-0.1, -0.05) is 70.6 Å². The first-order chi connectivity index (χ1) is 11.9. The van der Waals surface area contributed by atoms with Crippen molar-refractivity contribution in [2.75, 3.05) is 0 Å². The van der Waals surface area contributed by atoms with E-state index in [1.807, 2.05) is 0 Å². The van der Waals surface area contributed by atoms with Gasteiger partial charge in [0, 0.05) is 0 Å². The van der Waals surface area contributed by atoms with Crippen LogP contribution in [-0.2, 0) is 4.57 Å². The second kappa shape index (κ2) is 8.72. The Kier molecular flexibility index (Phi) is 7.15. The first-order valence-corrected chi connectivity index (χ1v) is 12.2. The molecule has 0 N–H and O–H groups in total. The highest BCUT2D eigenvalue weighted by molar-refractivity contribution is 7.72. The minimum Gasteiger partial charge on any atom is -0.314 e. The summed E-state index contributed by atoms with van der Waals surface area (Å²) in [6.45, 7) is 13.3. The van der Waals surface area contributed by atoms with Crippen molar-refractivity contribution in [3.05, 3.63) is 45.1 Å². The first-order valence-electron chi connectivity index (χ1n) is 10.4. The molecule has 140 valence electrons. The van der Waals surface area contributed by atoms with Gasteiger partial charge in [0.15, 0.2) is 0 Å². The van der Waals surface area contributed by atoms with E-state index in [1.54, 1.807) is 5.57 Å². The van der Waals surface area contributed by atoms with Gasteiger partial charge >= 0.3 is 0 Å². The molecule has 0 aromatic rings. The second-order valence-electron chi connectivity index (χ2n) is 7.75. The Morgan fingerprint density at radius 1 is 0.800 bits per heavy atom.